The predicted molar refractivity (Wildman–Crippen MR) is 101 cm³/mol. The highest BCUT2D eigenvalue weighted by atomic mass is 32.2. The molecule has 0 spiro atoms. The van der Waals surface area contributed by atoms with E-state index in [0.717, 1.165) is 17.7 Å². The van der Waals surface area contributed by atoms with Crippen LogP contribution in [0.1, 0.15) is 11.1 Å². The van der Waals surface area contributed by atoms with E-state index in [9.17, 15) is 17.2 Å². The Morgan fingerprint density at radius 3 is 2.30 bits per heavy atom. The van der Waals surface area contributed by atoms with Gasteiger partial charge in [0.25, 0.3) is 10.0 Å². The molecule has 1 heterocycles. The lowest BCUT2D eigenvalue weighted by Gasteiger charge is -2.12. The Kier molecular flexibility index (Phi) is 5.09. The Balaban J connectivity index is 1.81. The Morgan fingerprint density at radius 1 is 0.963 bits per heavy atom. The summed E-state index contributed by atoms with van der Waals surface area (Å²) < 4.78 is 55.0. The van der Waals surface area contributed by atoms with E-state index in [4.69, 9.17) is 0 Å². The summed E-state index contributed by atoms with van der Waals surface area (Å²) in [6.07, 6.45) is 1.27. The minimum atomic E-state index is -3.78. The molecule has 0 saturated carbocycles. The molecule has 0 saturated heterocycles. The van der Waals surface area contributed by atoms with E-state index in [0.29, 0.717) is 5.56 Å². The van der Waals surface area contributed by atoms with Crippen molar-refractivity contribution in [1.29, 1.82) is 0 Å². The number of rotatable bonds is 5. The zero-order valence-corrected chi connectivity index (χ0v) is 15.4. The van der Waals surface area contributed by atoms with Gasteiger partial charge in [0.15, 0.2) is 0 Å². The van der Waals surface area contributed by atoms with Crippen molar-refractivity contribution in [3.05, 3.63) is 77.5 Å². The number of sulfonamides is 1. The van der Waals surface area contributed by atoms with Gasteiger partial charge in [-0.05, 0) is 55.3 Å². The van der Waals surface area contributed by atoms with Crippen LogP contribution >= 0.6 is 0 Å². The first-order valence-electron chi connectivity index (χ1n) is 8.03. The summed E-state index contributed by atoms with van der Waals surface area (Å²) >= 11 is 0. The molecule has 0 fully saturated rings. The summed E-state index contributed by atoms with van der Waals surface area (Å²) in [6.45, 7) is 3.52. The monoisotopic (exact) mass is 389 g/mol. The molecule has 140 valence electrons. The Hall–Kier alpha value is -3.00. The normalized spacial score (nSPS) is 11.3. The van der Waals surface area contributed by atoms with E-state index >= 15 is 0 Å². The van der Waals surface area contributed by atoms with Gasteiger partial charge in [-0.2, -0.15) is 0 Å². The van der Waals surface area contributed by atoms with Crippen molar-refractivity contribution >= 4 is 27.2 Å². The highest BCUT2D eigenvalue weighted by Gasteiger charge is 2.17. The van der Waals surface area contributed by atoms with Crippen LogP contribution in [0.15, 0.2) is 59.6 Å². The molecule has 0 unspecified atom stereocenters. The summed E-state index contributed by atoms with van der Waals surface area (Å²) in [5.74, 6) is -1.33. The van der Waals surface area contributed by atoms with Crippen LogP contribution in [0, 0.1) is 25.5 Å². The van der Waals surface area contributed by atoms with E-state index < -0.39 is 21.7 Å². The summed E-state index contributed by atoms with van der Waals surface area (Å²) in [6, 6.07) is 11.5. The first kappa shape index (κ1) is 18.8. The summed E-state index contributed by atoms with van der Waals surface area (Å²) in [7, 11) is -3.78. The molecule has 8 heteroatoms. The van der Waals surface area contributed by atoms with E-state index in [2.05, 4.69) is 15.0 Å². The number of hydrogen-bond donors (Lipinski definition) is 2. The third-order valence-electron chi connectivity index (χ3n) is 3.86. The molecule has 0 atom stereocenters. The minimum absolute atomic E-state index is 0.175. The Labute approximate surface area is 156 Å². The van der Waals surface area contributed by atoms with Crippen LogP contribution in [-0.2, 0) is 10.0 Å². The molecular formula is C19H17F2N3O2S. The highest BCUT2D eigenvalue weighted by Crippen LogP contribution is 2.24. The van der Waals surface area contributed by atoms with Crippen LogP contribution in [0.25, 0.3) is 0 Å². The number of benzene rings is 2. The van der Waals surface area contributed by atoms with Crippen LogP contribution < -0.4 is 10.0 Å². The highest BCUT2D eigenvalue weighted by molar-refractivity contribution is 7.92. The summed E-state index contributed by atoms with van der Waals surface area (Å²) in [5.41, 5.74) is 1.35. The van der Waals surface area contributed by atoms with Crippen LogP contribution in [0.3, 0.4) is 0 Å². The first-order valence-corrected chi connectivity index (χ1v) is 9.52. The van der Waals surface area contributed by atoms with Crippen LogP contribution in [0.5, 0.6) is 0 Å². The van der Waals surface area contributed by atoms with Gasteiger partial charge in [0.05, 0.1) is 16.8 Å². The van der Waals surface area contributed by atoms with Crippen LogP contribution in [0.2, 0.25) is 0 Å². The van der Waals surface area contributed by atoms with E-state index in [1.54, 1.807) is 19.1 Å². The number of hydrogen-bond acceptors (Lipinski definition) is 4. The molecule has 1 aromatic heterocycles. The third-order valence-corrected chi connectivity index (χ3v) is 5.39. The fraction of sp³-hybridized carbons (Fsp3) is 0.105. The molecule has 2 N–H and O–H groups in total. The smallest absolute Gasteiger partial charge is 0.262 e. The van der Waals surface area contributed by atoms with Gasteiger partial charge in [-0.25, -0.2) is 22.2 Å². The van der Waals surface area contributed by atoms with Gasteiger partial charge in [0.1, 0.15) is 23.1 Å². The molecule has 27 heavy (non-hydrogen) atoms. The van der Waals surface area contributed by atoms with E-state index in [1.807, 2.05) is 13.0 Å². The molecule has 0 aliphatic carbocycles. The third kappa shape index (κ3) is 4.22. The predicted octanol–water partition coefficient (Wildman–Crippen LogP) is 4.52. The molecule has 3 aromatic rings. The number of anilines is 3. The molecule has 0 radical (unpaired) electrons. The van der Waals surface area contributed by atoms with Gasteiger partial charge in [-0.1, -0.05) is 18.2 Å². The maximum absolute atomic E-state index is 13.7. The van der Waals surface area contributed by atoms with E-state index in [1.165, 1.54) is 24.4 Å². The summed E-state index contributed by atoms with van der Waals surface area (Å²) in [5, 5.41) is 2.54. The number of para-hydroxylation sites is 1. The summed E-state index contributed by atoms with van der Waals surface area (Å²) in [4.78, 5) is 4.18. The second-order valence-electron chi connectivity index (χ2n) is 6.03. The molecule has 0 bridgehead atoms. The van der Waals surface area contributed by atoms with Gasteiger partial charge in [0.2, 0.25) is 0 Å². The van der Waals surface area contributed by atoms with Crippen molar-refractivity contribution in [3.8, 4) is 0 Å². The molecule has 0 amide bonds. The SMILES string of the molecule is Cc1ccc(C)c(S(=O)(=O)Nc2ccc(Nc3c(F)cccc3F)nc2)c1. The second kappa shape index (κ2) is 7.32. The standard InChI is InChI=1S/C19H17F2N3O2S/c1-12-6-7-13(2)17(10-12)27(25,26)24-14-8-9-18(22-11-14)23-19-15(20)4-3-5-16(19)21/h3-11,24H,1-2H3,(H,22,23). The molecule has 5 nitrogen and oxygen atoms in total. The maximum atomic E-state index is 13.7. The number of halogens is 2. The molecule has 0 aliphatic rings. The Bertz CT molecular complexity index is 1060. The molecular weight excluding hydrogens is 372 g/mol. The number of aromatic nitrogens is 1. The lowest BCUT2D eigenvalue weighted by Crippen LogP contribution is -2.14. The van der Waals surface area contributed by atoms with Crippen molar-refractivity contribution in [3.63, 3.8) is 0 Å². The largest absolute Gasteiger partial charge is 0.335 e. The number of pyridine rings is 1. The van der Waals surface area contributed by atoms with Crippen molar-refractivity contribution in [1.82, 2.24) is 4.98 Å². The maximum Gasteiger partial charge on any atom is 0.262 e. The number of nitrogens with zero attached hydrogens (tertiary/aromatic N) is 1. The average molecular weight is 389 g/mol. The topological polar surface area (TPSA) is 71.1 Å². The fourth-order valence-electron chi connectivity index (χ4n) is 2.48. The number of nitrogens with one attached hydrogen (secondary N) is 2. The lowest BCUT2D eigenvalue weighted by atomic mass is 10.2. The average Bonchev–Trinajstić information content (AvgIpc) is 2.61. The van der Waals surface area contributed by atoms with Crippen LogP contribution in [0.4, 0.5) is 26.0 Å². The Morgan fingerprint density at radius 2 is 1.67 bits per heavy atom. The van der Waals surface area contributed by atoms with Gasteiger partial charge in [-0.3, -0.25) is 4.72 Å². The van der Waals surface area contributed by atoms with Crippen molar-refractivity contribution in [2.45, 2.75) is 18.7 Å². The number of aryl methyl sites for hydroxylation is 2. The van der Waals surface area contributed by atoms with Gasteiger partial charge < -0.3 is 5.32 Å². The fourth-order valence-corrected chi connectivity index (χ4v) is 3.85. The molecule has 3 rings (SSSR count). The van der Waals surface area contributed by atoms with Gasteiger partial charge >= 0.3 is 0 Å². The minimum Gasteiger partial charge on any atom is -0.335 e. The first-order chi connectivity index (χ1) is 12.8. The molecule has 0 aliphatic heterocycles. The van der Waals surface area contributed by atoms with Gasteiger partial charge in [0, 0.05) is 0 Å². The lowest BCUT2D eigenvalue weighted by molar-refractivity contribution is 0.590. The second-order valence-corrected chi connectivity index (χ2v) is 7.68. The zero-order valence-electron chi connectivity index (χ0n) is 14.6. The van der Waals surface area contributed by atoms with Crippen molar-refractivity contribution in [2.24, 2.45) is 0 Å². The molecule has 2 aromatic carbocycles. The van der Waals surface area contributed by atoms with E-state index in [-0.39, 0.29) is 22.1 Å². The van der Waals surface area contributed by atoms with Crippen molar-refractivity contribution in [2.75, 3.05) is 10.0 Å². The zero-order chi connectivity index (χ0) is 19.6. The van der Waals surface area contributed by atoms with Crippen molar-refractivity contribution < 1.29 is 17.2 Å². The quantitative estimate of drug-likeness (QED) is 0.673. The van der Waals surface area contributed by atoms with Gasteiger partial charge in [-0.15, -0.1) is 0 Å². The van der Waals surface area contributed by atoms with Crippen LogP contribution in [-0.4, -0.2) is 13.4 Å².